The van der Waals surface area contributed by atoms with Gasteiger partial charge in [-0.05, 0) is 35.2 Å². The van der Waals surface area contributed by atoms with Crippen LogP contribution < -0.4 is 4.74 Å². The second kappa shape index (κ2) is 7.53. The predicted octanol–water partition coefficient (Wildman–Crippen LogP) is 4.36. The number of aromatic hydroxyl groups is 1. The summed E-state index contributed by atoms with van der Waals surface area (Å²) < 4.78 is 19.6. The molecule has 0 atom stereocenters. The normalized spacial score (nSPS) is 10.9. The van der Waals surface area contributed by atoms with E-state index in [2.05, 4.69) is 0 Å². The van der Waals surface area contributed by atoms with E-state index in [-0.39, 0.29) is 23.7 Å². The third-order valence-corrected chi connectivity index (χ3v) is 3.93. The van der Waals surface area contributed by atoms with Gasteiger partial charge in [0.25, 0.3) is 0 Å². The van der Waals surface area contributed by atoms with Gasteiger partial charge in [0.1, 0.15) is 17.3 Å². The van der Waals surface area contributed by atoms with E-state index in [9.17, 15) is 14.3 Å². The Bertz CT molecular complexity index is 759. The maximum absolute atomic E-state index is 14.6. The largest absolute Gasteiger partial charge is 0.508 e. The molecule has 2 aromatic rings. The molecular formula is C18H18ClFO4. The average Bonchev–Trinajstić information content (AvgIpc) is 2.49. The summed E-state index contributed by atoms with van der Waals surface area (Å²) >= 11 is 6.18. The molecule has 4 nitrogen and oxygen atoms in total. The first-order valence-electron chi connectivity index (χ1n) is 7.42. The number of phenolic OH excluding ortho intramolecular Hbond substituents is 1. The molecular weight excluding hydrogens is 335 g/mol. The number of hydrogen-bond donors (Lipinski definition) is 2. The van der Waals surface area contributed by atoms with Gasteiger partial charge < -0.3 is 14.9 Å². The molecule has 0 saturated heterocycles. The highest BCUT2D eigenvalue weighted by molar-refractivity contribution is 6.31. The SMILES string of the molecule is CC(C)c1c(O)ccc(Cc2ccc(OCC(=O)O)cc2Cl)c1F. The molecule has 2 N–H and O–H groups in total. The fourth-order valence-electron chi connectivity index (χ4n) is 2.43. The molecule has 0 amide bonds. The summed E-state index contributed by atoms with van der Waals surface area (Å²) in [6.07, 6.45) is 0.254. The smallest absolute Gasteiger partial charge is 0.341 e. The van der Waals surface area contributed by atoms with Crippen LogP contribution in [-0.4, -0.2) is 22.8 Å². The van der Waals surface area contributed by atoms with Gasteiger partial charge in [-0.3, -0.25) is 0 Å². The Hall–Kier alpha value is -2.27. The Morgan fingerprint density at radius 2 is 1.92 bits per heavy atom. The number of phenols is 1. The molecule has 24 heavy (non-hydrogen) atoms. The third kappa shape index (κ3) is 4.17. The zero-order valence-corrected chi connectivity index (χ0v) is 14.1. The van der Waals surface area contributed by atoms with Gasteiger partial charge in [0, 0.05) is 17.0 Å². The van der Waals surface area contributed by atoms with Crippen molar-refractivity contribution in [3.8, 4) is 11.5 Å². The number of ether oxygens (including phenoxy) is 1. The van der Waals surface area contributed by atoms with Gasteiger partial charge in [0.2, 0.25) is 0 Å². The van der Waals surface area contributed by atoms with Crippen molar-refractivity contribution >= 4 is 17.6 Å². The Labute approximate surface area is 144 Å². The zero-order valence-electron chi connectivity index (χ0n) is 13.3. The number of carboxylic acids is 1. The fourth-order valence-corrected chi connectivity index (χ4v) is 2.66. The monoisotopic (exact) mass is 352 g/mol. The molecule has 0 fully saturated rings. The van der Waals surface area contributed by atoms with E-state index in [1.54, 1.807) is 12.1 Å². The molecule has 0 saturated carbocycles. The van der Waals surface area contributed by atoms with E-state index < -0.39 is 18.4 Å². The van der Waals surface area contributed by atoms with Crippen LogP contribution in [0.5, 0.6) is 11.5 Å². The third-order valence-electron chi connectivity index (χ3n) is 3.58. The zero-order chi connectivity index (χ0) is 17.9. The van der Waals surface area contributed by atoms with Gasteiger partial charge in [-0.1, -0.05) is 37.6 Å². The Kier molecular flexibility index (Phi) is 5.67. The maximum Gasteiger partial charge on any atom is 0.341 e. The first kappa shape index (κ1) is 18.1. The maximum atomic E-state index is 14.6. The summed E-state index contributed by atoms with van der Waals surface area (Å²) in [7, 11) is 0. The van der Waals surface area contributed by atoms with Crippen LogP contribution in [0.1, 0.15) is 36.5 Å². The van der Waals surface area contributed by atoms with E-state index >= 15 is 0 Å². The second-order valence-corrected chi connectivity index (χ2v) is 6.15. The lowest BCUT2D eigenvalue weighted by Crippen LogP contribution is -2.09. The average molecular weight is 353 g/mol. The summed E-state index contributed by atoms with van der Waals surface area (Å²) in [6.45, 7) is 3.16. The Balaban J connectivity index is 2.26. The fraction of sp³-hybridized carbons (Fsp3) is 0.278. The molecule has 0 aliphatic heterocycles. The molecule has 128 valence electrons. The van der Waals surface area contributed by atoms with Crippen LogP contribution in [-0.2, 0) is 11.2 Å². The number of carbonyl (C=O) groups is 1. The first-order valence-corrected chi connectivity index (χ1v) is 7.80. The van der Waals surface area contributed by atoms with Crippen LogP contribution in [0.15, 0.2) is 30.3 Å². The predicted molar refractivity (Wildman–Crippen MR) is 89.5 cm³/mol. The molecule has 2 rings (SSSR count). The van der Waals surface area contributed by atoms with Crippen molar-refractivity contribution in [1.82, 2.24) is 0 Å². The quantitative estimate of drug-likeness (QED) is 0.810. The summed E-state index contributed by atoms with van der Waals surface area (Å²) in [5.74, 6) is -1.39. The summed E-state index contributed by atoms with van der Waals surface area (Å²) in [6, 6.07) is 7.77. The Morgan fingerprint density at radius 1 is 1.25 bits per heavy atom. The highest BCUT2D eigenvalue weighted by Crippen LogP contribution is 2.32. The van der Waals surface area contributed by atoms with Gasteiger partial charge in [-0.2, -0.15) is 0 Å². The number of hydrogen-bond acceptors (Lipinski definition) is 3. The lowest BCUT2D eigenvalue weighted by Gasteiger charge is -2.14. The van der Waals surface area contributed by atoms with Crippen molar-refractivity contribution in [2.45, 2.75) is 26.2 Å². The topological polar surface area (TPSA) is 66.8 Å². The number of rotatable bonds is 6. The van der Waals surface area contributed by atoms with Crippen molar-refractivity contribution in [3.05, 3.63) is 57.9 Å². The minimum Gasteiger partial charge on any atom is -0.508 e. The van der Waals surface area contributed by atoms with Crippen LogP contribution in [0.2, 0.25) is 5.02 Å². The lowest BCUT2D eigenvalue weighted by atomic mass is 9.95. The molecule has 0 unspecified atom stereocenters. The summed E-state index contributed by atoms with van der Waals surface area (Å²) in [5.41, 5.74) is 1.39. The molecule has 0 heterocycles. The summed E-state index contributed by atoms with van der Waals surface area (Å²) in [4.78, 5) is 10.5. The number of benzene rings is 2. The standard InChI is InChI=1S/C18H18ClFO4/c1-10(2)17-15(21)6-4-12(18(17)20)7-11-3-5-13(8-14(11)19)24-9-16(22)23/h3-6,8,10,21H,7,9H2,1-2H3,(H,22,23). The molecule has 2 aromatic carbocycles. The van der Waals surface area contributed by atoms with Gasteiger partial charge in [0.05, 0.1) is 0 Å². The van der Waals surface area contributed by atoms with Crippen LogP contribution in [0.3, 0.4) is 0 Å². The van der Waals surface area contributed by atoms with Gasteiger partial charge >= 0.3 is 5.97 Å². The number of aliphatic carboxylic acids is 1. The van der Waals surface area contributed by atoms with Crippen molar-refractivity contribution < 1.29 is 24.1 Å². The summed E-state index contributed by atoms with van der Waals surface area (Å²) in [5, 5.41) is 18.8. The number of halogens is 2. The van der Waals surface area contributed by atoms with E-state index in [1.807, 2.05) is 13.8 Å². The van der Waals surface area contributed by atoms with E-state index in [0.29, 0.717) is 21.9 Å². The second-order valence-electron chi connectivity index (χ2n) is 5.74. The van der Waals surface area contributed by atoms with Gasteiger partial charge in [-0.25, -0.2) is 9.18 Å². The molecule has 6 heteroatoms. The molecule has 0 aliphatic rings. The molecule has 0 aromatic heterocycles. The minimum absolute atomic E-state index is 0.0604. The molecule has 0 bridgehead atoms. The van der Waals surface area contributed by atoms with E-state index in [4.69, 9.17) is 21.4 Å². The van der Waals surface area contributed by atoms with Gasteiger partial charge in [0.15, 0.2) is 6.61 Å². The highest BCUT2D eigenvalue weighted by atomic mass is 35.5. The molecule has 0 spiro atoms. The van der Waals surface area contributed by atoms with Crippen molar-refractivity contribution in [2.24, 2.45) is 0 Å². The van der Waals surface area contributed by atoms with Crippen molar-refractivity contribution in [1.29, 1.82) is 0 Å². The van der Waals surface area contributed by atoms with E-state index in [0.717, 1.165) is 0 Å². The van der Waals surface area contributed by atoms with E-state index in [1.165, 1.54) is 18.2 Å². The van der Waals surface area contributed by atoms with Crippen LogP contribution in [0, 0.1) is 5.82 Å². The van der Waals surface area contributed by atoms with Crippen LogP contribution in [0.4, 0.5) is 4.39 Å². The van der Waals surface area contributed by atoms with Crippen molar-refractivity contribution in [2.75, 3.05) is 6.61 Å². The van der Waals surface area contributed by atoms with Gasteiger partial charge in [-0.15, -0.1) is 0 Å². The van der Waals surface area contributed by atoms with Crippen LogP contribution in [0.25, 0.3) is 0 Å². The first-order chi connectivity index (χ1) is 11.3. The highest BCUT2D eigenvalue weighted by Gasteiger charge is 2.17. The minimum atomic E-state index is -1.08. The Morgan fingerprint density at radius 3 is 2.50 bits per heavy atom. The lowest BCUT2D eigenvalue weighted by molar-refractivity contribution is -0.139. The molecule has 0 radical (unpaired) electrons. The van der Waals surface area contributed by atoms with Crippen LogP contribution >= 0.6 is 11.6 Å². The van der Waals surface area contributed by atoms with Crippen molar-refractivity contribution in [3.63, 3.8) is 0 Å². The number of carboxylic acid groups (broad SMARTS) is 1. The molecule has 0 aliphatic carbocycles.